The fourth-order valence-electron chi connectivity index (χ4n) is 3.45. The maximum absolute atomic E-state index is 5.82. The number of furan rings is 1. The summed E-state index contributed by atoms with van der Waals surface area (Å²) >= 11 is 0. The number of pyridine rings is 1. The zero-order valence-electron chi connectivity index (χ0n) is 15.6. The number of imidazole rings is 1. The van der Waals surface area contributed by atoms with Gasteiger partial charge in [0.2, 0.25) is 0 Å². The van der Waals surface area contributed by atoms with Gasteiger partial charge < -0.3 is 8.98 Å². The minimum atomic E-state index is 0.800. The molecule has 0 radical (unpaired) electrons. The van der Waals surface area contributed by atoms with Gasteiger partial charge in [-0.2, -0.15) is 0 Å². The fraction of sp³-hybridized carbons (Fsp3) is 0.273. The van der Waals surface area contributed by atoms with Crippen LogP contribution in [0.25, 0.3) is 10.9 Å². The van der Waals surface area contributed by atoms with Crippen LogP contribution in [-0.4, -0.2) is 26.0 Å². The van der Waals surface area contributed by atoms with Crippen LogP contribution in [0, 0.1) is 6.92 Å². The van der Waals surface area contributed by atoms with Crippen LogP contribution in [0.2, 0.25) is 0 Å². The molecule has 0 fully saturated rings. The summed E-state index contributed by atoms with van der Waals surface area (Å²) < 4.78 is 7.94. The van der Waals surface area contributed by atoms with Gasteiger partial charge in [0.1, 0.15) is 11.5 Å². The SMILES string of the molecule is Cc1ccc(CN(CCCn2ccnc2)Cc2cccc3ncccc23)o1. The number of rotatable bonds is 8. The summed E-state index contributed by atoms with van der Waals surface area (Å²) in [5, 5.41) is 1.22. The molecule has 0 bridgehead atoms. The Morgan fingerprint density at radius 1 is 1.04 bits per heavy atom. The Morgan fingerprint density at radius 2 is 2.00 bits per heavy atom. The molecule has 0 unspecified atom stereocenters. The van der Waals surface area contributed by atoms with Gasteiger partial charge in [-0.05, 0) is 43.2 Å². The van der Waals surface area contributed by atoms with Crippen molar-refractivity contribution in [3.05, 3.63) is 84.5 Å². The molecule has 1 aromatic carbocycles. The molecule has 4 rings (SSSR count). The highest BCUT2D eigenvalue weighted by atomic mass is 16.3. The summed E-state index contributed by atoms with van der Waals surface area (Å²) in [6, 6.07) is 14.6. The fourth-order valence-corrected chi connectivity index (χ4v) is 3.45. The van der Waals surface area contributed by atoms with Gasteiger partial charge in [0.05, 0.1) is 18.4 Å². The molecule has 0 atom stereocenters. The van der Waals surface area contributed by atoms with Crippen molar-refractivity contribution in [1.82, 2.24) is 19.4 Å². The summed E-state index contributed by atoms with van der Waals surface area (Å²) in [5.74, 6) is 1.96. The van der Waals surface area contributed by atoms with Gasteiger partial charge in [-0.1, -0.05) is 18.2 Å². The molecule has 0 saturated heterocycles. The third-order valence-electron chi connectivity index (χ3n) is 4.76. The molecule has 0 N–H and O–H groups in total. The highest BCUT2D eigenvalue weighted by molar-refractivity contribution is 5.81. The Balaban J connectivity index is 1.50. The van der Waals surface area contributed by atoms with Crippen LogP contribution < -0.4 is 0 Å². The van der Waals surface area contributed by atoms with Crippen LogP contribution in [0.1, 0.15) is 23.5 Å². The first kappa shape index (κ1) is 17.5. The number of nitrogens with zero attached hydrogens (tertiary/aromatic N) is 4. The Morgan fingerprint density at radius 3 is 2.81 bits per heavy atom. The van der Waals surface area contributed by atoms with Gasteiger partial charge in [-0.25, -0.2) is 4.98 Å². The van der Waals surface area contributed by atoms with Crippen LogP contribution in [0.4, 0.5) is 0 Å². The highest BCUT2D eigenvalue weighted by Gasteiger charge is 2.12. The lowest BCUT2D eigenvalue weighted by Gasteiger charge is -2.22. The molecule has 0 saturated carbocycles. The number of hydrogen-bond donors (Lipinski definition) is 0. The topological polar surface area (TPSA) is 47.1 Å². The van der Waals surface area contributed by atoms with Gasteiger partial charge in [-0.3, -0.25) is 9.88 Å². The zero-order chi connectivity index (χ0) is 18.5. The van der Waals surface area contributed by atoms with E-state index in [2.05, 4.69) is 49.8 Å². The van der Waals surface area contributed by atoms with Crippen molar-refractivity contribution in [2.24, 2.45) is 0 Å². The lowest BCUT2D eigenvalue weighted by atomic mass is 10.1. The third kappa shape index (κ3) is 4.44. The van der Waals surface area contributed by atoms with Crippen molar-refractivity contribution < 1.29 is 4.42 Å². The maximum Gasteiger partial charge on any atom is 0.118 e. The number of aromatic nitrogens is 3. The smallest absolute Gasteiger partial charge is 0.118 e. The number of benzene rings is 1. The van der Waals surface area contributed by atoms with Crippen LogP contribution in [0.3, 0.4) is 0 Å². The summed E-state index contributed by atoms with van der Waals surface area (Å²) in [6.45, 7) is 5.60. The molecule has 0 aliphatic carbocycles. The van der Waals surface area contributed by atoms with Crippen molar-refractivity contribution in [2.45, 2.75) is 33.0 Å². The Bertz CT molecular complexity index is 985. The maximum atomic E-state index is 5.82. The first-order valence-electron chi connectivity index (χ1n) is 9.34. The number of aryl methyl sites for hydroxylation is 2. The molecule has 138 valence electrons. The largest absolute Gasteiger partial charge is 0.465 e. The van der Waals surface area contributed by atoms with Crippen LogP contribution in [-0.2, 0) is 19.6 Å². The predicted molar refractivity (Wildman–Crippen MR) is 106 cm³/mol. The molecule has 3 aromatic heterocycles. The van der Waals surface area contributed by atoms with Crippen molar-refractivity contribution in [2.75, 3.05) is 6.54 Å². The zero-order valence-corrected chi connectivity index (χ0v) is 15.6. The Kier molecular flexibility index (Phi) is 5.30. The van der Waals surface area contributed by atoms with E-state index in [1.165, 1.54) is 10.9 Å². The summed E-state index contributed by atoms with van der Waals surface area (Å²) in [4.78, 5) is 11.0. The molecule has 5 heteroatoms. The van der Waals surface area contributed by atoms with E-state index in [4.69, 9.17) is 4.42 Å². The molecular formula is C22H24N4O. The van der Waals surface area contributed by atoms with E-state index in [0.717, 1.165) is 49.6 Å². The molecule has 3 heterocycles. The van der Waals surface area contributed by atoms with Gasteiger partial charge in [0.25, 0.3) is 0 Å². The molecule has 0 amide bonds. The molecule has 0 aliphatic rings. The van der Waals surface area contributed by atoms with Gasteiger partial charge in [0.15, 0.2) is 0 Å². The summed E-state index contributed by atoms with van der Waals surface area (Å²) in [7, 11) is 0. The van der Waals surface area contributed by atoms with E-state index < -0.39 is 0 Å². The second kappa shape index (κ2) is 8.18. The molecule has 5 nitrogen and oxygen atoms in total. The second-order valence-electron chi connectivity index (χ2n) is 6.86. The summed E-state index contributed by atoms with van der Waals surface area (Å²) in [5.41, 5.74) is 2.34. The molecule has 4 aromatic rings. The number of fused-ring (bicyclic) bond motifs is 1. The first-order valence-corrected chi connectivity index (χ1v) is 9.34. The Hall–Kier alpha value is -2.92. The van der Waals surface area contributed by atoms with E-state index >= 15 is 0 Å². The lowest BCUT2D eigenvalue weighted by Crippen LogP contribution is -2.25. The van der Waals surface area contributed by atoms with Gasteiger partial charge >= 0.3 is 0 Å². The Labute approximate surface area is 159 Å². The second-order valence-corrected chi connectivity index (χ2v) is 6.86. The standard InChI is InChI=1S/C22H24N4O/c1-18-8-9-20(27-18)16-26(13-4-12-25-14-11-23-17-25)15-19-5-2-7-22-21(19)6-3-10-24-22/h2-3,5-11,14,17H,4,12-13,15-16H2,1H3. The molecular weight excluding hydrogens is 336 g/mol. The minimum absolute atomic E-state index is 0.800. The average Bonchev–Trinajstić information content (AvgIpc) is 3.34. The van der Waals surface area contributed by atoms with E-state index in [-0.39, 0.29) is 0 Å². The lowest BCUT2D eigenvalue weighted by molar-refractivity contribution is 0.228. The average molecular weight is 360 g/mol. The van der Waals surface area contributed by atoms with Crippen molar-refractivity contribution in [1.29, 1.82) is 0 Å². The number of hydrogen-bond acceptors (Lipinski definition) is 4. The highest BCUT2D eigenvalue weighted by Crippen LogP contribution is 2.20. The van der Waals surface area contributed by atoms with Crippen molar-refractivity contribution in [3.8, 4) is 0 Å². The van der Waals surface area contributed by atoms with E-state index in [9.17, 15) is 0 Å². The normalized spacial score (nSPS) is 11.5. The van der Waals surface area contributed by atoms with E-state index in [1.54, 1.807) is 0 Å². The van der Waals surface area contributed by atoms with Crippen LogP contribution in [0.15, 0.2) is 71.8 Å². The van der Waals surface area contributed by atoms with E-state index in [1.807, 2.05) is 44.0 Å². The third-order valence-corrected chi connectivity index (χ3v) is 4.76. The molecule has 27 heavy (non-hydrogen) atoms. The molecule has 0 spiro atoms. The van der Waals surface area contributed by atoms with E-state index in [0.29, 0.717) is 0 Å². The van der Waals surface area contributed by atoms with Gasteiger partial charge in [0, 0.05) is 43.6 Å². The summed E-state index contributed by atoms with van der Waals surface area (Å²) in [6.07, 6.45) is 8.61. The van der Waals surface area contributed by atoms with Crippen LogP contribution in [0.5, 0.6) is 0 Å². The monoisotopic (exact) mass is 360 g/mol. The minimum Gasteiger partial charge on any atom is -0.465 e. The van der Waals surface area contributed by atoms with Crippen molar-refractivity contribution >= 4 is 10.9 Å². The van der Waals surface area contributed by atoms with Gasteiger partial charge in [-0.15, -0.1) is 0 Å². The van der Waals surface area contributed by atoms with Crippen molar-refractivity contribution in [3.63, 3.8) is 0 Å². The first-order chi connectivity index (χ1) is 13.3. The quantitative estimate of drug-likeness (QED) is 0.466. The molecule has 0 aliphatic heterocycles. The van der Waals surface area contributed by atoms with Crippen LogP contribution >= 0.6 is 0 Å². The predicted octanol–water partition coefficient (Wildman–Crippen LogP) is 4.43.